The van der Waals surface area contributed by atoms with Crippen LogP contribution in [0.4, 0.5) is 4.39 Å². The lowest BCUT2D eigenvalue weighted by molar-refractivity contribution is -0.122. The largest absolute Gasteiger partial charge is 0.355 e. The average molecular weight is 328 g/mol. The van der Waals surface area contributed by atoms with Crippen molar-refractivity contribution >= 4 is 5.91 Å². The van der Waals surface area contributed by atoms with Crippen LogP contribution in [-0.2, 0) is 11.2 Å². The van der Waals surface area contributed by atoms with Gasteiger partial charge in [0.15, 0.2) is 0 Å². The van der Waals surface area contributed by atoms with Crippen LogP contribution in [-0.4, -0.2) is 30.9 Å². The minimum Gasteiger partial charge on any atom is -0.355 e. The number of aryl methyl sites for hydroxylation is 1. The highest BCUT2D eigenvalue weighted by molar-refractivity contribution is 5.78. The lowest BCUT2D eigenvalue weighted by Gasteiger charge is -2.24. The predicted octanol–water partition coefficient (Wildman–Crippen LogP) is 3.49. The van der Waals surface area contributed by atoms with Gasteiger partial charge >= 0.3 is 0 Å². The summed E-state index contributed by atoms with van der Waals surface area (Å²) in [5, 5.41) is 2.96. The molecule has 4 heteroatoms. The second-order valence-corrected chi connectivity index (χ2v) is 6.17. The molecule has 1 atom stereocenters. The van der Waals surface area contributed by atoms with Gasteiger partial charge in [-0.25, -0.2) is 4.39 Å². The van der Waals surface area contributed by atoms with E-state index in [2.05, 4.69) is 24.4 Å². The summed E-state index contributed by atoms with van der Waals surface area (Å²) in [6, 6.07) is 14.7. The van der Waals surface area contributed by atoms with Gasteiger partial charge < -0.3 is 5.32 Å². The van der Waals surface area contributed by atoms with Crippen molar-refractivity contribution in [2.24, 2.45) is 0 Å². The van der Waals surface area contributed by atoms with Crippen LogP contribution in [0.1, 0.15) is 29.7 Å². The molecule has 0 aliphatic rings. The third-order valence-corrected chi connectivity index (χ3v) is 4.38. The minimum atomic E-state index is -0.248. The molecule has 24 heavy (non-hydrogen) atoms. The highest BCUT2D eigenvalue weighted by Crippen LogP contribution is 2.18. The Balaban J connectivity index is 1.79. The molecule has 0 aromatic heterocycles. The number of hydrogen-bond acceptors (Lipinski definition) is 2. The fourth-order valence-electron chi connectivity index (χ4n) is 2.64. The van der Waals surface area contributed by atoms with Gasteiger partial charge in [0.05, 0.1) is 6.54 Å². The molecule has 2 aromatic rings. The highest BCUT2D eigenvalue weighted by atomic mass is 19.1. The molecule has 0 spiro atoms. The molecule has 3 nitrogen and oxygen atoms in total. The first-order chi connectivity index (χ1) is 11.5. The average Bonchev–Trinajstić information content (AvgIpc) is 2.56. The van der Waals surface area contributed by atoms with Crippen molar-refractivity contribution in [1.82, 2.24) is 10.2 Å². The smallest absolute Gasteiger partial charge is 0.234 e. The number of nitrogens with zero attached hydrogens (tertiary/aromatic N) is 1. The third-order valence-electron chi connectivity index (χ3n) is 4.38. The van der Waals surface area contributed by atoms with Gasteiger partial charge in [-0.3, -0.25) is 9.69 Å². The topological polar surface area (TPSA) is 32.3 Å². The molecule has 128 valence electrons. The molecule has 2 rings (SSSR count). The summed E-state index contributed by atoms with van der Waals surface area (Å²) in [7, 11) is 1.90. The number of nitrogens with one attached hydrogen (secondary N) is 1. The summed E-state index contributed by atoms with van der Waals surface area (Å²) in [5.74, 6) is -0.248. The molecule has 0 radical (unpaired) electrons. The minimum absolute atomic E-state index is 0.0000425. The first-order valence-corrected chi connectivity index (χ1v) is 8.24. The van der Waals surface area contributed by atoms with Gasteiger partial charge in [0.2, 0.25) is 5.91 Å². The summed E-state index contributed by atoms with van der Waals surface area (Å²) in [4.78, 5) is 14.1. The standard InChI is InChI=1S/C20H25FN2O/c1-15-6-4-5-7-17(15)12-13-22-20(24)14-23(3)16(2)18-8-10-19(21)11-9-18/h4-11,16H,12-14H2,1-3H3,(H,22,24). The Morgan fingerprint density at radius 2 is 1.83 bits per heavy atom. The molecule has 0 saturated heterocycles. The zero-order valence-electron chi connectivity index (χ0n) is 14.6. The summed E-state index contributed by atoms with van der Waals surface area (Å²) in [6.45, 7) is 5.03. The van der Waals surface area contributed by atoms with E-state index in [0.717, 1.165) is 12.0 Å². The van der Waals surface area contributed by atoms with Crippen LogP contribution >= 0.6 is 0 Å². The van der Waals surface area contributed by atoms with Crippen molar-refractivity contribution in [3.63, 3.8) is 0 Å². The lowest BCUT2D eigenvalue weighted by atomic mass is 10.1. The van der Waals surface area contributed by atoms with Crippen molar-refractivity contribution in [3.05, 3.63) is 71.0 Å². The second kappa shape index (κ2) is 8.60. The van der Waals surface area contributed by atoms with Gasteiger partial charge in [0.1, 0.15) is 5.82 Å². The van der Waals surface area contributed by atoms with Crippen LogP contribution in [0.15, 0.2) is 48.5 Å². The van der Waals surface area contributed by atoms with E-state index >= 15 is 0 Å². The van der Waals surface area contributed by atoms with E-state index < -0.39 is 0 Å². The maximum atomic E-state index is 13.0. The zero-order chi connectivity index (χ0) is 17.5. The number of carbonyl (C=O) groups excluding carboxylic acids is 1. The van der Waals surface area contributed by atoms with Crippen LogP contribution in [0.25, 0.3) is 0 Å². The van der Waals surface area contributed by atoms with Gasteiger partial charge in [-0.15, -0.1) is 0 Å². The molecular formula is C20H25FN2O. The summed E-state index contributed by atoms with van der Waals surface area (Å²) in [6.07, 6.45) is 0.829. The van der Waals surface area contributed by atoms with Crippen molar-refractivity contribution < 1.29 is 9.18 Å². The molecule has 1 unspecified atom stereocenters. The van der Waals surface area contributed by atoms with Crippen LogP contribution in [0.2, 0.25) is 0 Å². The van der Waals surface area contributed by atoms with Gasteiger partial charge in [0.25, 0.3) is 0 Å². The third kappa shape index (κ3) is 5.17. The van der Waals surface area contributed by atoms with Gasteiger partial charge in [-0.1, -0.05) is 36.4 Å². The van der Waals surface area contributed by atoms with E-state index in [1.54, 1.807) is 12.1 Å². The first-order valence-electron chi connectivity index (χ1n) is 8.24. The molecule has 0 aliphatic carbocycles. The van der Waals surface area contributed by atoms with Crippen LogP contribution in [0.5, 0.6) is 0 Å². The van der Waals surface area contributed by atoms with E-state index in [0.29, 0.717) is 13.1 Å². The Kier molecular flexibility index (Phi) is 6.50. The van der Waals surface area contributed by atoms with Gasteiger partial charge in [0, 0.05) is 12.6 Å². The van der Waals surface area contributed by atoms with Crippen molar-refractivity contribution in [1.29, 1.82) is 0 Å². The molecule has 0 saturated carbocycles. The summed E-state index contributed by atoms with van der Waals surface area (Å²) >= 11 is 0. The Labute approximate surface area is 143 Å². The maximum Gasteiger partial charge on any atom is 0.234 e. The Morgan fingerprint density at radius 3 is 2.50 bits per heavy atom. The van der Waals surface area contributed by atoms with Gasteiger partial charge in [-0.05, 0) is 56.1 Å². The first kappa shape index (κ1) is 18.1. The van der Waals surface area contributed by atoms with Crippen molar-refractivity contribution in [3.8, 4) is 0 Å². The number of rotatable bonds is 7. The normalized spacial score (nSPS) is 12.2. The van der Waals surface area contributed by atoms with Crippen LogP contribution in [0, 0.1) is 12.7 Å². The quantitative estimate of drug-likeness (QED) is 0.844. The predicted molar refractivity (Wildman–Crippen MR) is 95.3 cm³/mol. The Morgan fingerprint density at radius 1 is 1.17 bits per heavy atom. The zero-order valence-corrected chi connectivity index (χ0v) is 14.6. The van der Waals surface area contributed by atoms with Crippen molar-refractivity contribution in [2.45, 2.75) is 26.3 Å². The Bertz CT molecular complexity index is 670. The summed E-state index contributed by atoms with van der Waals surface area (Å²) in [5.41, 5.74) is 3.49. The molecule has 0 bridgehead atoms. The highest BCUT2D eigenvalue weighted by Gasteiger charge is 2.14. The molecule has 0 aliphatic heterocycles. The maximum absolute atomic E-state index is 13.0. The second-order valence-electron chi connectivity index (χ2n) is 6.17. The fourth-order valence-corrected chi connectivity index (χ4v) is 2.64. The number of carbonyl (C=O) groups is 1. The van der Waals surface area contributed by atoms with E-state index in [4.69, 9.17) is 0 Å². The van der Waals surface area contributed by atoms with E-state index in [-0.39, 0.29) is 17.8 Å². The summed E-state index contributed by atoms with van der Waals surface area (Å²) < 4.78 is 13.0. The van der Waals surface area contributed by atoms with E-state index in [9.17, 15) is 9.18 Å². The number of likely N-dealkylation sites (N-methyl/N-ethyl adjacent to an activating group) is 1. The fraction of sp³-hybridized carbons (Fsp3) is 0.350. The number of amides is 1. The Hall–Kier alpha value is -2.20. The van der Waals surface area contributed by atoms with Gasteiger partial charge in [-0.2, -0.15) is 0 Å². The molecule has 0 fully saturated rings. The molecule has 1 N–H and O–H groups in total. The SMILES string of the molecule is Cc1ccccc1CCNC(=O)CN(C)C(C)c1ccc(F)cc1. The number of benzene rings is 2. The van der Waals surface area contributed by atoms with Crippen LogP contribution < -0.4 is 5.32 Å². The lowest BCUT2D eigenvalue weighted by Crippen LogP contribution is -2.37. The van der Waals surface area contributed by atoms with Crippen molar-refractivity contribution in [2.75, 3.05) is 20.1 Å². The monoisotopic (exact) mass is 328 g/mol. The molecular weight excluding hydrogens is 303 g/mol. The van der Waals surface area contributed by atoms with E-state index in [1.165, 1.54) is 23.3 Å². The molecule has 2 aromatic carbocycles. The molecule has 1 amide bonds. The van der Waals surface area contributed by atoms with Crippen LogP contribution in [0.3, 0.4) is 0 Å². The number of hydrogen-bond donors (Lipinski definition) is 1. The van der Waals surface area contributed by atoms with E-state index in [1.807, 2.05) is 31.0 Å². The number of halogens is 1. The molecule has 0 heterocycles.